The van der Waals surface area contributed by atoms with Gasteiger partial charge >= 0.3 is 0 Å². The number of thiazole rings is 1. The molecule has 6 heteroatoms. The van der Waals surface area contributed by atoms with Crippen molar-refractivity contribution in [3.05, 3.63) is 16.6 Å². The zero-order chi connectivity index (χ0) is 15.2. The molecule has 1 aromatic rings. The van der Waals surface area contributed by atoms with Crippen LogP contribution in [0.5, 0.6) is 0 Å². The Hall–Kier alpha value is -0.980. The van der Waals surface area contributed by atoms with E-state index < -0.39 is 0 Å². The van der Waals surface area contributed by atoms with Gasteiger partial charge in [0.1, 0.15) is 0 Å². The van der Waals surface area contributed by atoms with E-state index in [1.54, 1.807) is 11.3 Å². The average molecular weight is 323 g/mol. The van der Waals surface area contributed by atoms with Gasteiger partial charge in [0.2, 0.25) is 5.91 Å². The van der Waals surface area contributed by atoms with Crippen LogP contribution in [0.1, 0.15) is 37.8 Å². The summed E-state index contributed by atoms with van der Waals surface area (Å²) in [6.45, 7) is 5.50. The number of carbonyl (C=O) groups is 1. The van der Waals surface area contributed by atoms with Gasteiger partial charge in [-0.25, -0.2) is 4.98 Å². The molecule has 2 fully saturated rings. The van der Waals surface area contributed by atoms with Gasteiger partial charge in [0.25, 0.3) is 0 Å². The Morgan fingerprint density at radius 1 is 1.32 bits per heavy atom. The van der Waals surface area contributed by atoms with Crippen molar-refractivity contribution in [1.82, 2.24) is 14.8 Å². The van der Waals surface area contributed by atoms with E-state index in [-0.39, 0.29) is 0 Å². The topological polar surface area (TPSA) is 45.7 Å². The molecule has 0 spiro atoms. The summed E-state index contributed by atoms with van der Waals surface area (Å²) in [5.74, 6) is 0.297. The van der Waals surface area contributed by atoms with Crippen molar-refractivity contribution in [2.45, 2.75) is 44.8 Å². The van der Waals surface area contributed by atoms with Crippen molar-refractivity contribution in [1.29, 1.82) is 0 Å². The minimum absolute atomic E-state index is 0.297. The van der Waals surface area contributed by atoms with Crippen molar-refractivity contribution in [2.75, 3.05) is 32.8 Å². The van der Waals surface area contributed by atoms with Crippen LogP contribution in [0.15, 0.2) is 10.9 Å². The Bertz CT molecular complexity index is 460. The molecule has 2 saturated heterocycles. The number of ether oxygens (including phenoxy) is 1. The van der Waals surface area contributed by atoms with Crippen LogP contribution in [0.2, 0.25) is 0 Å². The highest BCUT2D eigenvalue weighted by molar-refractivity contribution is 7.07. The third-order valence-electron chi connectivity index (χ3n) is 4.51. The van der Waals surface area contributed by atoms with Crippen LogP contribution in [0.3, 0.4) is 0 Å². The number of nitrogens with zero attached hydrogens (tertiary/aromatic N) is 3. The largest absolute Gasteiger partial charge is 0.378 e. The summed E-state index contributed by atoms with van der Waals surface area (Å²) < 4.78 is 5.61. The van der Waals surface area contributed by atoms with Crippen molar-refractivity contribution in [2.24, 2.45) is 0 Å². The van der Waals surface area contributed by atoms with Crippen LogP contribution in [0.25, 0.3) is 0 Å². The first kappa shape index (κ1) is 15.9. The van der Waals surface area contributed by atoms with Crippen molar-refractivity contribution >= 4 is 17.2 Å². The molecular formula is C16H25N3O2S. The predicted octanol–water partition coefficient (Wildman–Crippen LogP) is 2.14. The number of aromatic nitrogens is 1. The van der Waals surface area contributed by atoms with Crippen LogP contribution in [-0.2, 0) is 16.1 Å². The number of amides is 1. The van der Waals surface area contributed by atoms with Crippen molar-refractivity contribution in [3.63, 3.8) is 0 Å². The second-order valence-corrected chi connectivity index (χ2v) is 6.88. The Morgan fingerprint density at radius 3 is 3.05 bits per heavy atom. The molecule has 0 bridgehead atoms. The number of hydrogen-bond acceptors (Lipinski definition) is 5. The molecule has 0 unspecified atom stereocenters. The quantitative estimate of drug-likeness (QED) is 0.833. The molecule has 3 heterocycles. The summed E-state index contributed by atoms with van der Waals surface area (Å²) in [4.78, 5) is 21.2. The Labute approximate surface area is 136 Å². The molecule has 2 aliphatic heterocycles. The van der Waals surface area contributed by atoms with E-state index in [4.69, 9.17) is 4.74 Å². The first-order valence-corrected chi connectivity index (χ1v) is 9.24. The smallest absolute Gasteiger partial charge is 0.222 e. The van der Waals surface area contributed by atoms with Crippen LogP contribution >= 0.6 is 11.3 Å². The van der Waals surface area contributed by atoms with E-state index in [1.807, 2.05) is 10.4 Å². The molecule has 0 aromatic carbocycles. The molecule has 22 heavy (non-hydrogen) atoms. The summed E-state index contributed by atoms with van der Waals surface area (Å²) >= 11 is 1.64. The van der Waals surface area contributed by atoms with E-state index >= 15 is 0 Å². The van der Waals surface area contributed by atoms with Gasteiger partial charge in [-0.15, -0.1) is 11.3 Å². The van der Waals surface area contributed by atoms with Crippen LogP contribution in [-0.4, -0.2) is 59.6 Å². The molecule has 5 nitrogen and oxygen atoms in total. The lowest BCUT2D eigenvalue weighted by Crippen LogP contribution is -2.35. The van der Waals surface area contributed by atoms with E-state index in [9.17, 15) is 4.79 Å². The number of hydrogen-bond donors (Lipinski definition) is 0. The molecule has 2 aliphatic rings. The Kier molecular flexibility index (Phi) is 5.81. The SMILES string of the molecule is O=C(CC[C@H]1CCCO1)N1CCCN(Cc2cscn2)CC1. The fraction of sp³-hybridized carbons (Fsp3) is 0.750. The molecule has 0 saturated carbocycles. The summed E-state index contributed by atoms with van der Waals surface area (Å²) in [5.41, 5.74) is 3.02. The normalized spacial score (nSPS) is 23.6. The fourth-order valence-corrected chi connectivity index (χ4v) is 3.79. The lowest BCUT2D eigenvalue weighted by molar-refractivity contribution is -0.131. The van der Waals surface area contributed by atoms with Crippen molar-refractivity contribution < 1.29 is 9.53 Å². The summed E-state index contributed by atoms with van der Waals surface area (Å²) in [6.07, 6.45) is 5.16. The van der Waals surface area contributed by atoms with Gasteiger partial charge in [-0.3, -0.25) is 9.69 Å². The first-order valence-electron chi connectivity index (χ1n) is 8.30. The van der Waals surface area contributed by atoms with E-state index in [1.165, 1.54) is 0 Å². The van der Waals surface area contributed by atoms with Crippen LogP contribution in [0, 0.1) is 0 Å². The standard InChI is InChI=1S/C16H25N3O2S/c20-16(5-4-15-3-1-10-21-15)19-7-2-6-18(8-9-19)11-14-12-22-13-17-14/h12-13,15H,1-11H2/t15-/m1/s1. The average Bonchev–Trinajstić information content (AvgIpc) is 3.16. The van der Waals surface area contributed by atoms with Gasteiger partial charge in [0.15, 0.2) is 0 Å². The zero-order valence-corrected chi connectivity index (χ0v) is 13.9. The minimum Gasteiger partial charge on any atom is -0.378 e. The Balaban J connectivity index is 1.42. The van der Waals surface area contributed by atoms with Crippen LogP contribution < -0.4 is 0 Å². The molecule has 1 amide bonds. The van der Waals surface area contributed by atoms with Gasteiger partial charge < -0.3 is 9.64 Å². The maximum Gasteiger partial charge on any atom is 0.222 e. The monoisotopic (exact) mass is 323 g/mol. The highest BCUT2D eigenvalue weighted by Crippen LogP contribution is 2.18. The third kappa shape index (κ3) is 4.51. The molecular weight excluding hydrogens is 298 g/mol. The van der Waals surface area contributed by atoms with Crippen LogP contribution in [0.4, 0.5) is 0 Å². The molecule has 1 atom stereocenters. The molecule has 3 rings (SSSR count). The third-order valence-corrected chi connectivity index (χ3v) is 5.15. The number of carbonyl (C=O) groups excluding carboxylic acids is 1. The molecule has 122 valence electrons. The lowest BCUT2D eigenvalue weighted by atomic mass is 10.1. The van der Waals surface area contributed by atoms with Gasteiger partial charge in [-0.1, -0.05) is 0 Å². The first-order chi connectivity index (χ1) is 10.8. The summed E-state index contributed by atoms with van der Waals surface area (Å²) in [7, 11) is 0. The van der Waals surface area contributed by atoms with Gasteiger partial charge in [0, 0.05) is 51.1 Å². The van der Waals surface area contributed by atoms with E-state index in [2.05, 4.69) is 15.3 Å². The fourth-order valence-electron chi connectivity index (χ4n) is 3.24. The zero-order valence-electron chi connectivity index (χ0n) is 13.1. The number of rotatable bonds is 5. The van der Waals surface area contributed by atoms with E-state index in [0.717, 1.165) is 70.7 Å². The molecule has 0 N–H and O–H groups in total. The Morgan fingerprint density at radius 2 is 2.27 bits per heavy atom. The van der Waals surface area contributed by atoms with E-state index in [0.29, 0.717) is 18.4 Å². The second-order valence-electron chi connectivity index (χ2n) is 6.16. The molecule has 1 aromatic heterocycles. The molecule has 0 aliphatic carbocycles. The highest BCUT2D eigenvalue weighted by Gasteiger charge is 2.22. The summed E-state index contributed by atoms with van der Waals surface area (Å²) in [6, 6.07) is 0. The maximum atomic E-state index is 12.4. The predicted molar refractivity (Wildman–Crippen MR) is 86.8 cm³/mol. The lowest BCUT2D eigenvalue weighted by Gasteiger charge is -2.22. The summed E-state index contributed by atoms with van der Waals surface area (Å²) in [5, 5.41) is 2.11. The van der Waals surface area contributed by atoms with Gasteiger partial charge in [-0.2, -0.15) is 0 Å². The second kappa shape index (κ2) is 8.04. The van der Waals surface area contributed by atoms with Gasteiger partial charge in [0.05, 0.1) is 17.3 Å². The van der Waals surface area contributed by atoms with Crippen molar-refractivity contribution in [3.8, 4) is 0 Å². The molecule has 0 radical (unpaired) electrons. The minimum atomic E-state index is 0.297. The van der Waals surface area contributed by atoms with Gasteiger partial charge in [-0.05, 0) is 25.7 Å². The highest BCUT2D eigenvalue weighted by atomic mass is 32.1. The maximum absolute atomic E-state index is 12.4.